The van der Waals surface area contributed by atoms with Crippen molar-refractivity contribution in [2.45, 2.75) is 12.8 Å². The van der Waals surface area contributed by atoms with Crippen molar-refractivity contribution in [3.05, 3.63) is 33.8 Å². The van der Waals surface area contributed by atoms with Gasteiger partial charge in [-0.05, 0) is 48.2 Å². The molecule has 4 heteroatoms. The van der Waals surface area contributed by atoms with Crippen molar-refractivity contribution < 1.29 is 4.79 Å². The molecule has 0 saturated carbocycles. The summed E-state index contributed by atoms with van der Waals surface area (Å²) in [6.07, 6.45) is 1.85. The van der Waals surface area contributed by atoms with Gasteiger partial charge >= 0.3 is 0 Å². The van der Waals surface area contributed by atoms with Gasteiger partial charge in [-0.2, -0.15) is 0 Å². The molecule has 14 heavy (non-hydrogen) atoms. The quantitative estimate of drug-likeness (QED) is 0.594. The number of rotatable bonds is 4. The van der Waals surface area contributed by atoms with Crippen LogP contribution in [0.4, 0.5) is 0 Å². The molecule has 1 aromatic rings. The zero-order chi connectivity index (χ0) is 10.6. The highest BCUT2D eigenvalue weighted by Gasteiger charge is 2.08. The van der Waals surface area contributed by atoms with E-state index in [1.165, 1.54) is 0 Å². The van der Waals surface area contributed by atoms with E-state index in [-0.39, 0.29) is 5.24 Å². The molecule has 1 aromatic carbocycles. The number of benzene rings is 1. The summed E-state index contributed by atoms with van der Waals surface area (Å²) in [5.74, 6) is 0. The van der Waals surface area contributed by atoms with Gasteiger partial charge in [-0.25, -0.2) is 0 Å². The molecule has 0 aliphatic carbocycles. The maximum atomic E-state index is 11.1. The minimum absolute atomic E-state index is 0.387. The number of aryl methyl sites for hydroxylation is 1. The maximum Gasteiger partial charge on any atom is 0.252 e. The Morgan fingerprint density at radius 3 is 2.71 bits per heavy atom. The molecule has 0 bridgehead atoms. The van der Waals surface area contributed by atoms with Crippen molar-refractivity contribution in [3.63, 3.8) is 0 Å². The summed E-state index contributed by atoms with van der Waals surface area (Å²) in [7, 11) is 0. The van der Waals surface area contributed by atoms with Crippen LogP contribution >= 0.6 is 43.5 Å². The van der Waals surface area contributed by atoms with Crippen molar-refractivity contribution in [2.75, 3.05) is 5.33 Å². The maximum absolute atomic E-state index is 11.1. The first-order valence-corrected chi connectivity index (χ1v) is 6.48. The molecule has 0 aliphatic rings. The van der Waals surface area contributed by atoms with Crippen LogP contribution < -0.4 is 0 Å². The lowest BCUT2D eigenvalue weighted by atomic mass is 10.0. The van der Waals surface area contributed by atoms with Gasteiger partial charge in [0.1, 0.15) is 0 Å². The van der Waals surface area contributed by atoms with Crippen molar-refractivity contribution in [2.24, 2.45) is 0 Å². The van der Waals surface area contributed by atoms with E-state index in [0.29, 0.717) is 5.56 Å². The first-order valence-electron chi connectivity index (χ1n) is 4.19. The van der Waals surface area contributed by atoms with E-state index < -0.39 is 0 Å². The fraction of sp³-hybridized carbons (Fsp3) is 0.300. The van der Waals surface area contributed by atoms with Gasteiger partial charge in [0.2, 0.25) is 0 Å². The van der Waals surface area contributed by atoms with Crippen LogP contribution in [0.15, 0.2) is 22.7 Å². The largest absolute Gasteiger partial charge is 0.276 e. The Morgan fingerprint density at radius 1 is 1.43 bits per heavy atom. The van der Waals surface area contributed by atoms with Gasteiger partial charge in [0, 0.05) is 15.4 Å². The molecular formula is C10H9Br2ClO. The molecule has 0 amide bonds. The van der Waals surface area contributed by atoms with Crippen LogP contribution in [0.25, 0.3) is 0 Å². The monoisotopic (exact) mass is 338 g/mol. The molecular weight excluding hydrogens is 331 g/mol. The Morgan fingerprint density at radius 2 is 2.14 bits per heavy atom. The summed E-state index contributed by atoms with van der Waals surface area (Å²) in [4.78, 5) is 11.1. The molecule has 0 atom stereocenters. The summed E-state index contributed by atoms with van der Waals surface area (Å²) >= 11 is 12.2. The van der Waals surface area contributed by atoms with E-state index in [0.717, 1.165) is 28.2 Å². The summed E-state index contributed by atoms with van der Waals surface area (Å²) in [5, 5.41) is 0.539. The van der Waals surface area contributed by atoms with Crippen molar-refractivity contribution in [1.29, 1.82) is 0 Å². The van der Waals surface area contributed by atoms with Gasteiger partial charge < -0.3 is 0 Å². The van der Waals surface area contributed by atoms with Crippen LogP contribution in [0.2, 0.25) is 0 Å². The molecule has 0 aliphatic heterocycles. The Bertz CT molecular complexity index is 339. The predicted molar refractivity (Wildman–Crippen MR) is 66.4 cm³/mol. The van der Waals surface area contributed by atoms with Gasteiger partial charge in [-0.1, -0.05) is 31.9 Å². The molecule has 0 saturated heterocycles. The molecule has 0 radical (unpaired) electrons. The average molecular weight is 340 g/mol. The molecule has 0 spiro atoms. The van der Waals surface area contributed by atoms with Crippen LogP contribution in [0, 0.1) is 0 Å². The van der Waals surface area contributed by atoms with Gasteiger partial charge in [-0.3, -0.25) is 4.79 Å². The van der Waals surface area contributed by atoms with Crippen LogP contribution in [0.5, 0.6) is 0 Å². The zero-order valence-electron chi connectivity index (χ0n) is 7.40. The smallest absolute Gasteiger partial charge is 0.252 e. The van der Waals surface area contributed by atoms with Crippen molar-refractivity contribution in [1.82, 2.24) is 0 Å². The second-order valence-electron chi connectivity index (χ2n) is 2.87. The topological polar surface area (TPSA) is 17.1 Å². The number of carbonyl (C=O) groups is 1. The van der Waals surface area contributed by atoms with Gasteiger partial charge in [-0.15, -0.1) is 0 Å². The molecule has 0 fully saturated rings. The normalized spacial score (nSPS) is 10.2. The first kappa shape index (κ1) is 12.2. The Labute approximate surface area is 105 Å². The second kappa shape index (κ2) is 5.89. The minimum atomic E-state index is -0.387. The average Bonchev–Trinajstić information content (AvgIpc) is 2.14. The zero-order valence-corrected chi connectivity index (χ0v) is 11.3. The van der Waals surface area contributed by atoms with E-state index in [2.05, 4.69) is 31.9 Å². The minimum Gasteiger partial charge on any atom is -0.276 e. The summed E-state index contributed by atoms with van der Waals surface area (Å²) in [6, 6.07) is 5.52. The molecule has 0 unspecified atom stereocenters. The third kappa shape index (κ3) is 3.37. The molecule has 1 nitrogen and oxygen atoms in total. The third-order valence-corrected chi connectivity index (χ3v) is 3.12. The summed E-state index contributed by atoms with van der Waals surface area (Å²) in [6.45, 7) is 0. The standard InChI is InChI=1S/C10H9Br2ClO/c11-5-1-2-7-6-8(12)3-4-9(7)10(13)14/h3-4,6H,1-2,5H2. The van der Waals surface area contributed by atoms with Crippen LogP contribution in [-0.4, -0.2) is 10.6 Å². The molecule has 76 valence electrons. The van der Waals surface area contributed by atoms with E-state index in [9.17, 15) is 4.79 Å². The van der Waals surface area contributed by atoms with E-state index in [4.69, 9.17) is 11.6 Å². The Hall–Kier alpha value is 0.140. The van der Waals surface area contributed by atoms with E-state index in [1.807, 2.05) is 12.1 Å². The van der Waals surface area contributed by atoms with E-state index in [1.54, 1.807) is 6.07 Å². The number of halogens is 3. The third-order valence-electron chi connectivity index (χ3n) is 1.86. The van der Waals surface area contributed by atoms with Crippen molar-refractivity contribution in [3.8, 4) is 0 Å². The molecule has 0 N–H and O–H groups in total. The fourth-order valence-corrected chi connectivity index (χ4v) is 2.09. The highest BCUT2D eigenvalue weighted by molar-refractivity contribution is 9.10. The SMILES string of the molecule is O=C(Cl)c1ccc(Br)cc1CCCBr. The van der Waals surface area contributed by atoms with Gasteiger partial charge in [0.25, 0.3) is 5.24 Å². The Balaban J connectivity index is 2.97. The Kier molecular flexibility index (Phi) is 5.13. The van der Waals surface area contributed by atoms with Gasteiger partial charge in [0.05, 0.1) is 0 Å². The van der Waals surface area contributed by atoms with Crippen LogP contribution in [0.3, 0.4) is 0 Å². The highest BCUT2D eigenvalue weighted by atomic mass is 79.9. The van der Waals surface area contributed by atoms with Crippen LogP contribution in [-0.2, 0) is 6.42 Å². The number of hydrogen-bond donors (Lipinski definition) is 0. The summed E-state index contributed by atoms with van der Waals surface area (Å²) in [5.41, 5.74) is 1.61. The fourth-order valence-electron chi connectivity index (χ4n) is 1.22. The number of alkyl halides is 1. The highest BCUT2D eigenvalue weighted by Crippen LogP contribution is 2.20. The van der Waals surface area contributed by atoms with E-state index >= 15 is 0 Å². The lowest BCUT2D eigenvalue weighted by Crippen LogP contribution is -1.98. The van der Waals surface area contributed by atoms with Crippen LogP contribution in [0.1, 0.15) is 22.3 Å². The second-order valence-corrected chi connectivity index (χ2v) is 4.92. The number of carbonyl (C=O) groups excluding carboxylic acids is 1. The molecule has 0 aromatic heterocycles. The number of hydrogen-bond acceptors (Lipinski definition) is 1. The molecule has 1 rings (SSSR count). The lowest BCUT2D eigenvalue weighted by Gasteiger charge is -2.05. The predicted octanol–water partition coefficient (Wildman–Crippen LogP) is 4.16. The molecule has 0 heterocycles. The lowest BCUT2D eigenvalue weighted by molar-refractivity contribution is 0.108. The first-order chi connectivity index (χ1) is 6.65. The summed E-state index contributed by atoms with van der Waals surface area (Å²) < 4.78 is 0.976. The van der Waals surface area contributed by atoms with Crippen molar-refractivity contribution >= 4 is 48.7 Å². The van der Waals surface area contributed by atoms with Gasteiger partial charge in [0.15, 0.2) is 0 Å².